The van der Waals surface area contributed by atoms with Crippen molar-refractivity contribution in [2.45, 2.75) is 57.0 Å². The van der Waals surface area contributed by atoms with Gasteiger partial charge in [0.05, 0.1) is 17.4 Å². The number of hydrogen-bond acceptors (Lipinski definition) is 8. The van der Waals surface area contributed by atoms with Crippen LogP contribution in [-0.4, -0.2) is 78.3 Å². The summed E-state index contributed by atoms with van der Waals surface area (Å²) in [6, 6.07) is 10.3. The van der Waals surface area contributed by atoms with Crippen molar-refractivity contribution < 1.29 is 14.3 Å². The zero-order valence-corrected chi connectivity index (χ0v) is 20.7. The lowest BCUT2D eigenvalue weighted by atomic mass is 9.98. The Labute approximate surface area is 207 Å². The van der Waals surface area contributed by atoms with E-state index >= 15 is 0 Å². The molecule has 3 heterocycles. The molecule has 9 heteroatoms. The number of benzene rings is 1. The minimum absolute atomic E-state index is 0.0730. The number of rotatable bonds is 6. The molecule has 35 heavy (non-hydrogen) atoms. The first-order valence-corrected chi connectivity index (χ1v) is 12.7. The lowest BCUT2D eigenvalue weighted by Crippen LogP contribution is -2.49. The largest absolute Gasteiger partial charge is 0.458 e. The van der Waals surface area contributed by atoms with E-state index in [0.717, 1.165) is 61.3 Å². The number of ether oxygens (including phenoxy) is 2. The molecule has 2 N–H and O–H groups in total. The Hall–Kier alpha value is -2.75. The number of carbonyl (C=O) groups excluding carboxylic acids is 1. The fourth-order valence-electron chi connectivity index (χ4n) is 5.43. The average molecular weight is 481 g/mol. The first-order chi connectivity index (χ1) is 17.1. The first-order valence-electron chi connectivity index (χ1n) is 12.7. The van der Waals surface area contributed by atoms with Crippen molar-refractivity contribution >= 4 is 6.09 Å². The van der Waals surface area contributed by atoms with Crippen molar-refractivity contribution in [3.8, 4) is 6.01 Å². The van der Waals surface area contributed by atoms with Gasteiger partial charge in [0, 0.05) is 37.8 Å². The number of nitrogens with zero attached hydrogens (tertiary/aromatic N) is 4. The van der Waals surface area contributed by atoms with E-state index in [1.807, 2.05) is 35.2 Å². The third kappa shape index (κ3) is 5.42. The van der Waals surface area contributed by atoms with Crippen LogP contribution in [0.1, 0.15) is 47.8 Å². The standard InChI is InChI=1S/C26H36N6O3/c1-31(2)21-9-6-10-23(21)35-25-29-20-15-27-12-11-19(20)24(30-25)22-16-28-13-14-32(22)26(33)34-17-18-7-4-3-5-8-18/h3-5,7-8,21-23,27-28H,6,9-17H2,1-2H3/t21-,22?,23+/m0/s1. The number of amides is 1. The van der Waals surface area contributed by atoms with E-state index in [1.165, 1.54) is 0 Å². The number of aromatic nitrogens is 2. The van der Waals surface area contributed by atoms with Crippen LogP contribution in [0.2, 0.25) is 0 Å². The van der Waals surface area contributed by atoms with Crippen LogP contribution >= 0.6 is 0 Å². The molecule has 188 valence electrons. The van der Waals surface area contributed by atoms with Crippen LogP contribution in [0.3, 0.4) is 0 Å². The molecule has 0 spiro atoms. The van der Waals surface area contributed by atoms with E-state index < -0.39 is 0 Å². The van der Waals surface area contributed by atoms with Crippen LogP contribution < -0.4 is 15.4 Å². The fraction of sp³-hybridized carbons (Fsp3) is 0.577. The molecule has 3 atom stereocenters. The number of likely N-dealkylation sites (N-methyl/N-ethyl adjacent to an activating group) is 1. The van der Waals surface area contributed by atoms with E-state index in [2.05, 4.69) is 29.6 Å². The predicted molar refractivity (Wildman–Crippen MR) is 132 cm³/mol. The maximum absolute atomic E-state index is 13.2. The van der Waals surface area contributed by atoms with E-state index in [-0.39, 0.29) is 24.8 Å². The number of hydrogen-bond donors (Lipinski definition) is 2. The molecule has 1 amide bonds. The second kappa shape index (κ2) is 10.9. The van der Waals surface area contributed by atoms with Crippen molar-refractivity contribution in [1.82, 2.24) is 30.4 Å². The topological polar surface area (TPSA) is 91.9 Å². The summed E-state index contributed by atoms with van der Waals surface area (Å²) >= 11 is 0. The van der Waals surface area contributed by atoms with E-state index in [1.54, 1.807) is 0 Å². The Morgan fingerprint density at radius 2 is 2.00 bits per heavy atom. The lowest BCUT2D eigenvalue weighted by Gasteiger charge is -2.36. The van der Waals surface area contributed by atoms with E-state index in [0.29, 0.717) is 31.7 Å². The highest BCUT2D eigenvalue weighted by molar-refractivity contribution is 5.68. The summed E-state index contributed by atoms with van der Waals surface area (Å²) < 4.78 is 12.1. The molecular formula is C26H36N6O3. The predicted octanol–water partition coefficient (Wildman–Crippen LogP) is 2.27. The van der Waals surface area contributed by atoms with Crippen molar-refractivity contribution in [3.05, 3.63) is 52.8 Å². The van der Waals surface area contributed by atoms with Crippen LogP contribution in [0.25, 0.3) is 0 Å². The molecule has 1 aromatic heterocycles. The molecule has 2 aliphatic heterocycles. The zero-order chi connectivity index (χ0) is 24.2. The lowest BCUT2D eigenvalue weighted by molar-refractivity contribution is 0.0699. The maximum Gasteiger partial charge on any atom is 0.410 e. The minimum Gasteiger partial charge on any atom is -0.458 e. The maximum atomic E-state index is 13.2. The summed E-state index contributed by atoms with van der Waals surface area (Å²) in [4.78, 5) is 27.0. The van der Waals surface area contributed by atoms with Gasteiger partial charge in [0.1, 0.15) is 12.7 Å². The Morgan fingerprint density at radius 3 is 2.83 bits per heavy atom. The summed E-state index contributed by atoms with van der Waals surface area (Å²) in [7, 11) is 4.20. The number of carbonyl (C=O) groups is 1. The molecule has 1 unspecified atom stereocenters. The summed E-state index contributed by atoms with van der Waals surface area (Å²) in [5.74, 6) is 0. The van der Waals surface area contributed by atoms with Gasteiger partial charge >= 0.3 is 12.1 Å². The SMILES string of the molecule is CN(C)[C@H]1CCC[C@H]1Oc1nc2c(c(C3CNCCN3C(=O)OCc3ccccc3)n1)CCNC2. The second-order valence-corrected chi connectivity index (χ2v) is 9.82. The van der Waals surface area contributed by atoms with Gasteiger partial charge in [-0.2, -0.15) is 9.97 Å². The van der Waals surface area contributed by atoms with Gasteiger partial charge in [0.2, 0.25) is 0 Å². The Balaban J connectivity index is 1.40. The molecule has 1 aromatic carbocycles. The summed E-state index contributed by atoms with van der Waals surface area (Å²) in [6.45, 7) is 3.72. The third-order valence-electron chi connectivity index (χ3n) is 7.28. The van der Waals surface area contributed by atoms with Gasteiger partial charge in [0.15, 0.2) is 0 Å². The van der Waals surface area contributed by atoms with Crippen molar-refractivity contribution in [2.24, 2.45) is 0 Å². The molecule has 2 aromatic rings. The van der Waals surface area contributed by atoms with Crippen LogP contribution in [0.15, 0.2) is 30.3 Å². The van der Waals surface area contributed by atoms with Crippen molar-refractivity contribution in [2.75, 3.05) is 40.3 Å². The average Bonchev–Trinajstić information content (AvgIpc) is 3.36. The molecule has 5 rings (SSSR count). The van der Waals surface area contributed by atoms with E-state index in [4.69, 9.17) is 19.4 Å². The third-order valence-corrected chi connectivity index (χ3v) is 7.28. The highest BCUT2D eigenvalue weighted by Crippen LogP contribution is 2.31. The van der Waals surface area contributed by atoms with Gasteiger partial charge in [-0.05, 0) is 51.9 Å². The van der Waals surface area contributed by atoms with Crippen molar-refractivity contribution in [3.63, 3.8) is 0 Å². The fourth-order valence-corrected chi connectivity index (χ4v) is 5.43. The highest BCUT2D eigenvalue weighted by atomic mass is 16.6. The minimum atomic E-state index is -0.312. The van der Waals surface area contributed by atoms with Gasteiger partial charge in [0.25, 0.3) is 0 Å². The van der Waals surface area contributed by atoms with Gasteiger partial charge < -0.3 is 25.0 Å². The van der Waals surface area contributed by atoms with E-state index in [9.17, 15) is 4.79 Å². The normalized spacial score (nSPS) is 24.3. The van der Waals surface area contributed by atoms with Gasteiger partial charge in [-0.1, -0.05) is 30.3 Å². The van der Waals surface area contributed by atoms with Crippen LogP contribution in [0.5, 0.6) is 6.01 Å². The number of piperazine rings is 1. The molecule has 3 aliphatic rings. The summed E-state index contributed by atoms with van der Waals surface area (Å²) in [5.41, 5.74) is 3.95. The quantitative estimate of drug-likeness (QED) is 0.651. The molecule has 0 bridgehead atoms. The van der Waals surface area contributed by atoms with Crippen molar-refractivity contribution in [1.29, 1.82) is 0 Å². The van der Waals surface area contributed by atoms with Crippen LogP contribution in [0.4, 0.5) is 4.79 Å². The summed E-state index contributed by atoms with van der Waals surface area (Å²) in [6.07, 6.45) is 3.85. The summed E-state index contributed by atoms with van der Waals surface area (Å²) in [5, 5.41) is 6.86. The van der Waals surface area contributed by atoms with Crippen LogP contribution in [-0.2, 0) is 24.3 Å². The number of fused-ring (bicyclic) bond motifs is 1. The molecule has 1 aliphatic carbocycles. The first kappa shape index (κ1) is 24.0. The van der Waals surface area contributed by atoms with Crippen LogP contribution in [0, 0.1) is 0 Å². The molecule has 1 saturated carbocycles. The Bertz CT molecular complexity index is 1020. The van der Waals surface area contributed by atoms with Gasteiger partial charge in [-0.3, -0.25) is 4.90 Å². The van der Waals surface area contributed by atoms with Gasteiger partial charge in [-0.15, -0.1) is 0 Å². The zero-order valence-electron chi connectivity index (χ0n) is 20.7. The molecule has 2 fully saturated rings. The second-order valence-electron chi connectivity index (χ2n) is 9.82. The molecule has 1 saturated heterocycles. The monoisotopic (exact) mass is 480 g/mol. The molecule has 9 nitrogen and oxygen atoms in total. The number of nitrogens with one attached hydrogen (secondary N) is 2. The smallest absolute Gasteiger partial charge is 0.410 e. The Kier molecular flexibility index (Phi) is 7.46. The highest BCUT2D eigenvalue weighted by Gasteiger charge is 2.35. The van der Waals surface area contributed by atoms with Gasteiger partial charge in [-0.25, -0.2) is 4.79 Å². The molecule has 0 radical (unpaired) electrons. The Morgan fingerprint density at radius 1 is 1.14 bits per heavy atom. The molecular weight excluding hydrogens is 444 g/mol.